The molecule has 0 saturated heterocycles. The summed E-state index contributed by atoms with van der Waals surface area (Å²) in [5, 5.41) is 6.22. The van der Waals surface area contributed by atoms with E-state index < -0.39 is 0 Å². The van der Waals surface area contributed by atoms with Crippen LogP contribution in [0.5, 0.6) is 0 Å². The van der Waals surface area contributed by atoms with Gasteiger partial charge in [0.2, 0.25) is 11.7 Å². The zero-order valence-corrected chi connectivity index (χ0v) is 11.4. The Kier molecular flexibility index (Phi) is 3.19. The molecular formula is C13H11FN4OS. The summed E-state index contributed by atoms with van der Waals surface area (Å²) in [6.07, 6.45) is 0.412. The second kappa shape index (κ2) is 5.01. The van der Waals surface area contributed by atoms with Crippen LogP contribution < -0.4 is 5.73 Å². The third-order valence-electron chi connectivity index (χ3n) is 2.81. The molecule has 102 valence electrons. The number of hydrogen-bond acceptors (Lipinski definition) is 6. The average molecular weight is 290 g/mol. The lowest BCUT2D eigenvalue weighted by Gasteiger charge is -1.99. The summed E-state index contributed by atoms with van der Waals surface area (Å²) in [6, 6.07) is 4.48. The maximum Gasteiger partial charge on any atom is 0.233 e. The largest absolute Gasteiger partial charge is 0.375 e. The Bertz CT molecular complexity index is 752. The fourth-order valence-corrected chi connectivity index (χ4v) is 2.39. The molecule has 0 spiro atoms. The molecule has 0 radical (unpaired) electrons. The van der Waals surface area contributed by atoms with Gasteiger partial charge in [0.1, 0.15) is 5.82 Å². The standard InChI is InChI=1S/C13H11FN4OS/c1-7-2-3-8(14)4-10(7)12-17-11(19-18-12)5-9-6-20-13(15)16-9/h2-4,6H,5H2,1H3,(H2,15,16). The molecule has 2 N–H and O–H groups in total. The lowest BCUT2D eigenvalue weighted by Crippen LogP contribution is -1.91. The lowest BCUT2D eigenvalue weighted by atomic mass is 10.1. The molecular weight excluding hydrogens is 279 g/mol. The summed E-state index contributed by atoms with van der Waals surface area (Å²) in [7, 11) is 0. The first-order valence-corrected chi connectivity index (χ1v) is 6.79. The van der Waals surface area contributed by atoms with Crippen molar-refractivity contribution in [2.45, 2.75) is 13.3 Å². The maximum atomic E-state index is 13.3. The summed E-state index contributed by atoms with van der Waals surface area (Å²) in [4.78, 5) is 8.39. The van der Waals surface area contributed by atoms with E-state index in [2.05, 4.69) is 15.1 Å². The highest BCUT2D eigenvalue weighted by atomic mass is 32.1. The van der Waals surface area contributed by atoms with E-state index in [1.807, 2.05) is 12.3 Å². The first kappa shape index (κ1) is 12.7. The van der Waals surface area contributed by atoms with Gasteiger partial charge in [0.25, 0.3) is 0 Å². The van der Waals surface area contributed by atoms with E-state index in [0.29, 0.717) is 28.8 Å². The molecule has 2 heterocycles. The molecule has 0 amide bonds. The molecule has 0 aliphatic carbocycles. The van der Waals surface area contributed by atoms with Crippen LogP contribution in [-0.4, -0.2) is 15.1 Å². The van der Waals surface area contributed by atoms with Gasteiger partial charge in [0.15, 0.2) is 5.13 Å². The minimum atomic E-state index is -0.329. The summed E-state index contributed by atoms with van der Waals surface area (Å²) >= 11 is 1.36. The molecule has 0 bridgehead atoms. The van der Waals surface area contributed by atoms with Crippen molar-refractivity contribution < 1.29 is 8.91 Å². The van der Waals surface area contributed by atoms with Crippen LogP contribution in [0.4, 0.5) is 9.52 Å². The number of hydrogen-bond donors (Lipinski definition) is 1. The van der Waals surface area contributed by atoms with Crippen molar-refractivity contribution >= 4 is 16.5 Å². The van der Waals surface area contributed by atoms with E-state index >= 15 is 0 Å². The summed E-state index contributed by atoms with van der Waals surface area (Å²) in [5.41, 5.74) is 7.85. The number of aromatic nitrogens is 3. The number of nitrogen functional groups attached to an aromatic ring is 1. The topological polar surface area (TPSA) is 77.8 Å². The summed E-state index contributed by atoms with van der Waals surface area (Å²) in [6.45, 7) is 1.87. The molecule has 5 nitrogen and oxygen atoms in total. The number of thiazole rings is 1. The SMILES string of the molecule is Cc1ccc(F)cc1-c1noc(Cc2csc(N)n2)n1. The van der Waals surface area contributed by atoms with Crippen molar-refractivity contribution in [3.63, 3.8) is 0 Å². The van der Waals surface area contributed by atoms with Crippen molar-refractivity contribution in [2.24, 2.45) is 0 Å². The number of halogens is 1. The zero-order chi connectivity index (χ0) is 14.1. The van der Waals surface area contributed by atoms with Gasteiger partial charge in [-0.15, -0.1) is 11.3 Å². The molecule has 0 unspecified atom stereocenters. The summed E-state index contributed by atoms with van der Waals surface area (Å²) < 4.78 is 18.4. The first-order chi connectivity index (χ1) is 9.61. The quantitative estimate of drug-likeness (QED) is 0.802. The third-order valence-corrected chi connectivity index (χ3v) is 3.53. The van der Waals surface area contributed by atoms with Crippen LogP contribution >= 0.6 is 11.3 Å². The van der Waals surface area contributed by atoms with Gasteiger partial charge in [-0.25, -0.2) is 9.37 Å². The fraction of sp³-hybridized carbons (Fsp3) is 0.154. The lowest BCUT2D eigenvalue weighted by molar-refractivity contribution is 0.385. The molecule has 2 aromatic heterocycles. The number of anilines is 1. The van der Waals surface area contributed by atoms with Crippen LogP contribution in [0.15, 0.2) is 28.1 Å². The van der Waals surface area contributed by atoms with Gasteiger partial charge in [0.05, 0.1) is 12.1 Å². The van der Waals surface area contributed by atoms with Crippen molar-refractivity contribution in [1.82, 2.24) is 15.1 Å². The highest BCUT2D eigenvalue weighted by molar-refractivity contribution is 7.13. The smallest absolute Gasteiger partial charge is 0.233 e. The Morgan fingerprint density at radius 1 is 1.35 bits per heavy atom. The van der Waals surface area contributed by atoms with E-state index in [4.69, 9.17) is 10.3 Å². The van der Waals surface area contributed by atoms with Crippen LogP contribution in [0.1, 0.15) is 17.1 Å². The Labute approximate surface area is 118 Å². The molecule has 3 aromatic rings. The number of nitrogens with zero attached hydrogens (tertiary/aromatic N) is 3. The highest BCUT2D eigenvalue weighted by Crippen LogP contribution is 2.22. The minimum Gasteiger partial charge on any atom is -0.375 e. The number of rotatable bonds is 3. The average Bonchev–Trinajstić information content (AvgIpc) is 3.02. The van der Waals surface area contributed by atoms with Gasteiger partial charge in [-0.1, -0.05) is 11.2 Å². The van der Waals surface area contributed by atoms with E-state index in [0.717, 1.165) is 11.3 Å². The van der Waals surface area contributed by atoms with Gasteiger partial charge in [-0.05, 0) is 24.6 Å². The number of aryl methyl sites for hydroxylation is 1. The van der Waals surface area contributed by atoms with Crippen LogP contribution in [0.25, 0.3) is 11.4 Å². The van der Waals surface area contributed by atoms with Crippen LogP contribution in [0.3, 0.4) is 0 Å². The van der Waals surface area contributed by atoms with Gasteiger partial charge < -0.3 is 10.3 Å². The molecule has 0 aliphatic rings. The molecule has 3 rings (SSSR count). The normalized spacial score (nSPS) is 10.9. The van der Waals surface area contributed by atoms with Crippen LogP contribution in [0.2, 0.25) is 0 Å². The van der Waals surface area contributed by atoms with Gasteiger partial charge in [-0.2, -0.15) is 4.98 Å². The van der Waals surface area contributed by atoms with Gasteiger partial charge in [-0.3, -0.25) is 0 Å². The second-order valence-corrected chi connectivity index (χ2v) is 5.21. The zero-order valence-electron chi connectivity index (χ0n) is 10.6. The Morgan fingerprint density at radius 3 is 2.95 bits per heavy atom. The van der Waals surface area contributed by atoms with Crippen LogP contribution in [0, 0.1) is 12.7 Å². The predicted octanol–water partition coefficient (Wildman–Crippen LogP) is 2.81. The summed E-state index contributed by atoms with van der Waals surface area (Å²) in [5.74, 6) is 0.471. The monoisotopic (exact) mass is 290 g/mol. The number of nitrogens with two attached hydrogens (primary N) is 1. The number of benzene rings is 1. The van der Waals surface area contributed by atoms with E-state index in [-0.39, 0.29) is 5.82 Å². The molecule has 0 saturated carbocycles. The first-order valence-electron chi connectivity index (χ1n) is 5.91. The predicted molar refractivity (Wildman–Crippen MR) is 73.8 cm³/mol. The van der Waals surface area contributed by atoms with Crippen molar-refractivity contribution in [3.05, 3.63) is 46.5 Å². The molecule has 0 fully saturated rings. The van der Waals surface area contributed by atoms with E-state index in [1.165, 1.54) is 23.5 Å². The van der Waals surface area contributed by atoms with Crippen molar-refractivity contribution in [3.8, 4) is 11.4 Å². The fourth-order valence-electron chi connectivity index (χ4n) is 1.83. The van der Waals surface area contributed by atoms with Crippen molar-refractivity contribution in [1.29, 1.82) is 0 Å². The second-order valence-electron chi connectivity index (χ2n) is 4.32. The highest BCUT2D eigenvalue weighted by Gasteiger charge is 2.13. The third kappa shape index (κ3) is 2.53. The Hall–Kier alpha value is -2.28. The van der Waals surface area contributed by atoms with E-state index in [1.54, 1.807) is 6.07 Å². The molecule has 7 heteroatoms. The Morgan fingerprint density at radius 2 is 2.20 bits per heavy atom. The van der Waals surface area contributed by atoms with Crippen molar-refractivity contribution in [2.75, 3.05) is 5.73 Å². The Balaban J connectivity index is 1.88. The van der Waals surface area contributed by atoms with Crippen LogP contribution in [-0.2, 0) is 6.42 Å². The molecule has 1 aromatic carbocycles. The maximum absolute atomic E-state index is 13.3. The molecule has 0 aliphatic heterocycles. The van der Waals surface area contributed by atoms with Gasteiger partial charge in [0, 0.05) is 10.9 Å². The van der Waals surface area contributed by atoms with Gasteiger partial charge >= 0.3 is 0 Å². The van der Waals surface area contributed by atoms with E-state index in [9.17, 15) is 4.39 Å². The molecule has 0 atom stereocenters. The minimum absolute atomic E-state index is 0.329. The molecule has 20 heavy (non-hydrogen) atoms.